The van der Waals surface area contributed by atoms with Crippen LogP contribution in [0.15, 0.2) is 60.7 Å². The standard InChI is InChI=1S/C39H50Cl2N2O9/c1-8-33(45)52-35(34(41)26-13-10-9-11-14-26)24(4)29-15-12-16-32(44)43-28(21-25-17-18-30(49-7)27(40)20-25)36(46)42-22-39(5,6)38(48)51-31(19-23(2)3)37(47)50-29/h9-14,16-18,20,23-24,28-29,31,34-35H,8,15,19,21-22H2,1-7H3,(H,42,46)(H,43,44)/b16-12+/t24-,28+,29-,31-,34-,35+/m0/s1. The summed E-state index contributed by atoms with van der Waals surface area (Å²) in [7, 11) is 1.49. The van der Waals surface area contributed by atoms with Crippen LogP contribution in [0.2, 0.25) is 5.02 Å². The summed E-state index contributed by atoms with van der Waals surface area (Å²) in [5.41, 5.74) is 0.0754. The Bertz CT molecular complexity index is 1580. The lowest BCUT2D eigenvalue weighted by Crippen LogP contribution is -2.51. The fourth-order valence-corrected chi connectivity index (χ4v) is 6.23. The zero-order valence-corrected chi connectivity index (χ0v) is 32.3. The van der Waals surface area contributed by atoms with Gasteiger partial charge in [0.2, 0.25) is 11.8 Å². The molecule has 0 fully saturated rings. The van der Waals surface area contributed by atoms with E-state index in [0.717, 1.165) is 0 Å². The molecular weight excluding hydrogens is 711 g/mol. The lowest BCUT2D eigenvalue weighted by Gasteiger charge is -2.34. The predicted molar refractivity (Wildman–Crippen MR) is 198 cm³/mol. The second-order valence-electron chi connectivity index (χ2n) is 14.0. The van der Waals surface area contributed by atoms with Crippen molar-refractivity contribution in [2.75, 3.05) is 13.7 Å². The largest absolute Gasteiger partial charge is 0.495 e. The Morgan fingerprint density at radius 1 is 1.04 bits per heavy atom. The van der Waals surface area contributed by atoms with Crippen molar-refractivity contribution in [3.05, 3.63) is 76.8 Å². The average Bonchev–Trinajstić information content (AvgIpc) is 3.10. The zero-order chi connectivity index (χ0) is 38.6. The summed E-state index contributed by atoms with van der Waals surface area (Å²) in [5.74, 6) is -3.45. The van der Waals surface area contributed by atoms with Crippen LogP contribution in [0.25, 0.3) is 0 Å². The Morgan fingerprint density at radius 3 is 2.35 bits per heavy atom. The number of rotatable bonds is 11. The van der Waals surface area contributed by atoms with Crippen LogP contribution in [0.1, 0.15) is 77.3 Å². The molecule has 11 nitrogen and oxygen atoms in total. The van der Waals surface area contributed by atoms with Crippen molar-refractivity contribution in [1.29, 1.82) is 0 Å². The van der Waals surface area contributed by atoms with E-state index in [1.807, 2.05) is 32.0 Å². The van der Waals surface area contributed by atoms with Gasteiger partial charge in [0.15, 0.2) is 6.10 Å². The van der Waals surface area contributed by atoms with Gasteiger partial charge in [0.05, 0.1) is 22.9 Å². The number of ether oxygens (including phenoxy) is 4. The number of carbonyl (C=O) groups is 5. The SMILES string of the molecule is CCC(=O)O[C@H]([C@@H](C)[C@@H]1C/C=C/C(=O)N[C@H](Cc2ccc(OC)c(Cl)c2)C(=O)NCC(C)(C)C(=O)O[C@@H](CC(C)C)C(=O)O1)[C@@H](Cl)c1ccccc1. The minimum absolute atomic E-state index is 0.00229. The third-order valence-corrected chi connectivity index (χ3v) is 9.51. The third kappa shape index (κ3) is 12.3. The Balaban J connectivity index is 2.04. The molecule has 3 rings (SSSR count). The van der Waals surface area contributed by atoms with E-state index in [1.54, 1.807) is 58.0 Å². The van der Waals surface area contributed by atoms with Gasteiger partial charge in [0, 0.05) is 31.7 Å². The summed E-state index contributed by atoms with van der Waals surface area (Å²) in [4.78, 5) is 66.9. The van der Waals surface area contributed by atoms with Crippen LogP contribution in [0, 0.1) is 17.3 Å². The summed E-state index contributed by atoms with van der Waals surface area (Å²) in [6.45, 7) is 10.2. The molecule has 0 saturated heterocycles. The van der Waals surface area contributed by atoms with Gasteiger partial charge in [-0.25, -0.2) is 4.79 Å². The number of methoxy groups -OCH3 is 1. The molecule has 2 aromatic carbocycles. The van der Waals surface area contributed by atoms with Crippen molar-refractivity contribution < 1.29 is 42.9 Å². The smallest absolute Gasteiger partial charge is 0.347 e. The van der Waals surface area contributed by atoms with Gasteiger partial charge in [-0.2, -0.15) is 0 Å². The number of amides is 2. The molecule has 2 aromatic rings. The predicted octanol–water partition coefficient (Wildman–Crippen LogP) is 6.29. The van der Waals surface area contributed by atoms with E-state index >= 15 is 0 Å². The van der Waals surface area contributed by atoms with E-state index in [0.29, 0.717) is 21.9 Å². The van der Waals surface area contributed by atoms with Gasteiger partial charge in [-0.3, -0.25) is 19.2 Å². The molecule has 0 aliphatic carbocycles. The summed E-state index contributed by atoms with van der Waals surface area (Å²) in [5, 5.41) is 5.01. The van der Waals surface area contributed by atoms with Crippen LogP contribution in [-0.2, 0) is 44.6 Å². The number of benzene rings is 2. The number of nitrogens with one attached hydrogen (secondary N) is 2. The van der Waals surface area contributed by atoms with Crippen LogP contribution in [0.3, 0.4) is 0 Å². The first-order valence-electron chi connectivity index (χ1n) is 17.4. The van der Waals surface area contributed by atoms with Crippen molar-refractivity contribution in [1.82, 2.24) is 10.6 Å². The average molecular weight is 762 g/mol. The lowest BCUT2D eigenvalue weighted by atomic mass is 9.90. The minimum atomic E-state index is -1.28. The summed E-state index contributed by atoms with van der Waals surface area (Å²) < 4.78 is 23.0. The number of alkyl halides is 1. The first-order valence-corrected chi connectivity index (χ1v) is 18.2. The second kappa shape index (κ2) is 19.7. The van der Waals surface area contributed by atoms with Gasteiger partial charge < -0.3 is 29.6 Å². The molecule has 1 aliphatic heterocycles. The monoisotopic (exact) mass is 760 g/mol. The van der Waals surface area contributed by atoms with E-state index in [4.69, 9.17) is 42.1 Å². The maximum Gasteiger partial charge on any atom is 0.347 e. The van der Waals surface area contributed by atoms with Crippen LogP contribution in [-0.4, -0.2) is 67.7 Å². The zero-order valence-electron chi connectivity index (χ0n) is 30.8. The maximum absolute atomic E-state index is 13.8. The van der Waals surface area contributed by atoms with Crippen molar-refractivity contribution >= 4 is 52.9 Å². The van der Waals surface area contributed by atoms with Crippen LogP contribution in [0.4, 0.5) is 0 Å². The normalized spacial score (nSPS) is 22.5. The molecule has 6 atom stereocenters. The maximum atomic E-state index is 13.8. The summed E-state index contributed by atoms with van der Waals surface area (Å²) >= 11 is 13.3. The molecule has 13 heteroatoms. The van der Waals surface area contributed by atoms with E-state index in [1.165, 1.54) is 19.3 Å². The Kier molecular flexibility index (Phi) is 16.0. The summed E-state index contributed by atoms with van der Waals surface area (Å²) in [6.07, 6.45) is -0.122. The highest BCUT2D eigenvalue weighted by atomic mass is 35.5. The number of cyclic esters (lactones) is 2. The molecule has 2 N–H and O–H groups in total. The van der Waals surface area contributed by atoms with Crippen molar-refractivity contribution in [2.45, 2.75) is 97.0 Å². The van der Waals surface area contributed by atoms with Crippen LogP contribution in [0.5, 0.6) is 5.75 Å². The highest BCUT2D eigenvalue weighted by molar-refractivity contribution is 6.32. The third-order valence-electron chi connectivity index (χ3n) is 8.72. The van der Waals surface area contributed by atoms with Gasteiger partial charge in [-0.15, -0.1) is 11.6 Å². The van der Waals surface area contributed by atoms with E-state index in [9.17, 15) is 24.0 Å². The van der Waals surface area contributed by atoms with E-state index < -0.39 is 70.8 Å². The molecule has 1 aliphatic rings. The minimum Gasteiger partial charge on any atom is -0.495 e. The molecule has 284 valence electrons. The van der Waals surface area contributed by atoms with Crippen LogP contribution >= 0.6 is 23.2 Å². The molecule has 0 unspecified atom stereocenters. The van der Waals surface area contributed by atoms with Gasteiger partial charge in [0.25, 0.3) is 0 Å². The van der Waals surface area contributed by atoms with Crippen LogP contribution < -0.4 is 15.4 Å². The van der Waals surface area contributed by atoms with E-state index in [-0.39, 0.29) is 38.1 Å². The molecule has 0 bridgehead atoms. The second-order valence-corrected chi connectivity index (χ2v) is 14.8. The quantitative estimate of drug-likeness (QED) is 0.153. The van der Waals surface area contributed by atoms with Crippen molar-refractivity contribution in [3.63, 3.8) is 0 Å². The molecule has 52 heavy (non-hydrogen) atoms. The molecule has 0 saturated carbocycles. The molecule has 0 spiro atoms. The lowest BCUT2D eigenvalue weighted by molar-refractivity contribution is -0.181. The van der Waals surface area contributed by atoms with Crippen molar-refractivity contribution in [3.8, 4) is 5.75 Å². The Morgan fingerprint density at radius 2 is 1.73 bits per heavy atom. The number of hydrogen-bond donors (Lipinski definition) is 2. The summed E-state index contributed by atoms with van der Waals surface area (Å²) in [6, 6.07) is 13.1. The van der Waals surface area contributed by atoms with Gasteiger partial charge in [-0.05, 0) is 55.5 Å². The highest BCUT2D eigenvalue weighted by Crippen LogP contribution is 2.35. The number of carbonyl (C=O) groups excluding carboxylic acids is 5. The first-order chi connectivity index (χ1) is 24.6. The number of hydrogen-bond acceptors (Lipinski definition) is 9. The Hall–Kier alpha value is -4.09. The van der Waals surface area contributed by atoms with Gasteiger partial charge in [-0.1, -0.05) is 81.8 Å². The Labute approximate surface area is 316 Å². The molecule has 0 aromatic heterocycles. The topological polar surface area (TPSA) is 146 Å². The fourth-order valence-electron chi connectivity index (χ4n) is 5.53. The van der Waals surface area contributed by atoms with Crippen molar-refractivity contribution in [2.24, 2.45) is 17.3 Å². The highest BCUT2D eigenvalue weighted by Gasteiger charge is 2.40. The van der Waals surface area contributed by atoms with Gasteiger partial charge in [0.1, 0.15) is 24.0 Å². The molecule has 2 amide bonds. The van der Waals surface area contributed by atoms with Gasteiger partial charge >= 0.3 is 17.9 Å². The molecule has 1 heterocycles. The first kappa shape index (κ1) is 42.3. The van der Waals surface area contributed by atoms with E-state index in [2.05, 4.69) is 10.6 Å². The molecular formula is C39H50Cl2N2O9. The fraction of sp³-hybridized carbons (Fsp3) is 0.513. The molecule has 0 radical (unpaired) electrons. The number of esters is 3. The number of halogens is 2.